The van der Waals surface area contributed by atoms with E-state index < -0.39 is 5.97 Å². The Morgan fingerprint density at radius 2 is 1.03 bits per heavy atom. The van der Waals surface area contributed by atoms with Crippen molar-refractivity contribution in [2.45, 2.75) is 181 Å². The fourth-order valence-corrected chi connectivity index (χ4v) is 5.24. The molecule has 36 heavy (non-hydrogen) atoms. The van der Waals surface area contributed by atoms with Crippen LogP contribution in [-0.2, 0) is 14.3 Å². The zero-order valence-corrected chi connectivity index (χ0v) is 24.9. The lowest BCUT2D eigenvalue weighted by molar-refractivity contribution is -0.163. The van der Waals surface area contributed by atoms with Gasteiger partial charge in [-0.25, -0.2) is 0 Å². The second-order valence-corrected chi connectivity index (χ2v) is 12.1. The van der Waals surface area contributed by atoms with Crippen LogP contribution in [0.15, 0.2) is 0 Å². The zero-order chi connectivity index (χ0) is 27.1. The van der Waals surface area contributed by atoms with Crippen molar-refractivity contribution in [3.63, 3.8) is 0 Å². The van der Waals surface area contributed by atoms with Crippen LogP contribution in [0.2, 0.25) is 0 Å². The Morgan fingerprint density at radius 3 is 1.44 bits per heavy atom. The fraction of sp³-hybridized carbons (Fsp3) is 0.938. The molecule has 214 valence electrons. The molecule has 4 heteroatoms. The second kappa shape index (κ2) is 23.1. The first-order valence-corrected chi connectivity index (χ1v) is 15.6. The summed E-state index contributed by atoms with van der Waals surface area (Å²) in [5.74, 6) is 0.853. The summed E-state index contributed by atoms with van der Waals surface area (Å²) in [5, 5.41) is 8.69. The molecular weight excluding hydrogens is 448 g/mol. The molecule has 0 spiro atoms. The van der Waals surface area contributed by atoms with Gasteiger partial charge >= 0.3 is 11.9 Å². The first kappa shape index (κ1) is 34.9. The van der Waals surface area contributed by atoms with Gasteiger partial charge in [-0.2, -0.15) is 0 Å². The van der Waals surface area contributed by atoms with Gasteiger partial charge in [0, 0.05) is 12.8 Å². The molecule has 0 heterocycles. The van der Waals surface area contributed by atoms with E-state index in [1.165, 1.54) is 57.8 Å². The van der Waals surface area contributed by atoms with Crippen LogP contribution in [-0.4, -0.2) is 22.6 Å². The molecule has 1 N–H and O–H groups in total. The topological polar surface area (TPSA) is 63.6 Å². The normalized spacial score (nSPS) is 12.0. The average molecular weight is 511 g/mol. The molecule has 0 bridgehead atoms. The highest BCUT2D eigenvalue weighted by atomic mass is 16.6. The van der Waals surface area contributed by atoms with Crippen LogP contribution in [0.1, 0.15) is 176 Å². The van der Waals surface area contributed by atoms with Gasteiger partial charge in [0.1, 0.15) is 5.60 Å². The minimum Gasteiger partial charge on any atom is -0.481 e. The number of carbonyl (C=O) groups excluding carboxylic acids is 1. The highest BCUT2D eigenvalue weighted by molar-refractivity contribution is 5.69. The average Bonchev–Trinajstić information content (AvgIpc) is 2.79. The molecule has 0 saturated carbocycles. The van der Waals surface area contributed by atoms with Crippen molar-refractivity contribution >= 4 is 11.9 Å². The largest absolute Gasteiger partial charge is 0.481 e. The molecule has 0 atom stereocenters. The Labute approximate surface area is 224 Å². The maximum absolute atomic E-state index is 12.9. The summed E-state index contributed by atoms with van der Waals surface area (Å²) in [6.45, 7) is 11.4. The van der Waals surface area contributed by atoms with Gasteiger partial charge in [-0.05, 0) is 56.8 Å². The van der Waals surface area contributed by atoms with E-state index in [2.05, 4.69) is 34.6 Å². The zero-order valence-electron chi connectivity index (χ0n) is 24.9. The Kier molecular flexibility index (Phi) is 22.4. The van der Waals surface area contributed by atoms with Gasteiger partial charge in [0.25, 0.3) is 0 Å². The van der Waals surface area contributed by atoms with Gasteiger partial charge in [0.15, 0.2) is 0 Å². The quantitative estimate of drug-likeness (QED) is 0.0928. The standard InChI is InChI=1S/C32H62O4/c1-6-25-32(26-19-13-15-21-28(2)3,27-20-14-16-22-29(4)5)36-31(35)24-18-12-10-8-7-9-11-17-23-30(33)34/h28-29H,6-27H2,1-5H3,(H,33,34). The Bertz CT molecular complexity index is 508. The van der Waals surface area contributed by atoms with Gasteiger partial charge in [-0.15, -0.1) is 0 Å². The molecule has 4 nitrogen and oxygen atoms in total. The molecule has 0 saturated heterocycles. The predicted octanol–water partition coefficient (Wildman–Crippen LogP) is 10.3. The molecule has 0 aromatic heterocycles. The lowest BCUT2D eigenvalue weighted by Gasteiger charge is -2.34. The minimum atomic E-state index is -0.693. The fourth-order valence-electron chi connectivity index (χ4n) is 5.24. The van der Waals surface area contributed by atoms with Crippen LogP contribution in [0, 0.1) is 11.8 Å². The predicted molar refractivity (Wildman–Crippen MR) is 153 cm³/mol. The third-order valence-corrected chi connectivity index (χ3v) is 7.39. The SMILES string of the molecule is CCCC(CCCCCC(C)C)(CCCCCC(C)C)OC(=O)CCCCCCCCCCC(=O)O. The molecular formula is C32H62O4. The summed E-state index contributed by atoms with van der Waals surface area (Å²) in [5.41, 5.74) is -0.253. The van der Waals surface area contributed by atoms with E-state index in [0.29, 0.717) is 6.42 Å². The number of carboxylic acid groups (broad SMARTS) is 1. The molecule has 0 unspecified atom stereocenters. The van der Waals surface area contributed by atoms with Crippen molar-refractivity contribution in [3.05, 3.63) is 0 Å². The maximum atomic E-state index is 12.9. The summed E-state index contributed by atoms with van der Waals surface area (Å²) in [7, 11) is 0. The highest BCUT2D eigenvalue weighted by Gasteiger charge is 2.32. The number of carbonyl (C=O) groups is 2. The molecule has 0 aromatic carbocycles. The summed E-state index contributed by atoms with van der Waals surface area (Å²) in [6, 6.07) is 0. The summed E-state index contributed by atoms with van der Waals surface area (Å²) in [4.78, 5) is 23.4. The van der Waals surface area contributed by atoms with Crippen LogP contribution in [0.25, 0.3) is 0 Å². The number of carboxylic acids is 1. The van der Waals surface area contributed by atoms with E-state index in [0.717, 1.165) is 82.5 Å². The molecule has 0 amide bonds. The molecule has 0 fully saturated rings. The van der Waals surface area contributed by atoms with Gasteiger partial charge in [0.2, 0.25) is 0 Å². The number of hydrogen-bond acceptors (Lipinski definition) is 3. The monoisotopic (exact) mass is 510 g/mol. The molecule has 0 aromatic rings. The van der Waals surface area contributed by atoms with E-state index >= 15 is 0 Å². The van der Waals surface area contributed by atoms with E-state index in [-0.39, 0.29) is 18.0 Å². The Morgan fingerprint density at radius 1 is 0.611 bits per heavy atom. The summed E-state index contributed by atoms with van der Waals surface area (Å²) in [6.07, 6.45) is 23.3. The third kappa shape index (κ3) is 22.2. The van der Waals surface area contributed by atoms with Crippen molar-refractivity contribution in [1.29, 1.82) is 0 Å². The highest BCUT2D eigenvalue weighted by Crippen LogP contribution is 2.33. The maximum Gasteiger partial charge on any atom is 0.306 e. The lowest BCUT2D eigenvalue weighted by atomic mass is 9.85. The molecule has 0 aliphatic carbocycles. The number of unbranched alkanes of at least 4 members (excludes halogenated alkanes) is 11. The van der Waals surface area contributed by atoms with E-state index in [9.17, 15) is 9.59 Å². The van der Waals surface area contributed by atoms with Crippen LogP contribution >= 0.6 is 0 Å². The van der Waals surface area contributed by atoms with Crippen molar-refractivity contribution in [1.82, 2.24) is 0 Å². The van der Waals surface area contributed by atoms with Crippen LogP contribution < -0.4 is 0 Å². The van der Waals surface area contributed by atoms with Gasteiger partial charge in [0.05, 0.1) is 0 Å². The third-order valence-electron chi connectivity index (χ3n) is 7.39. The van der Waals surface area contributed by atoms with Crippen LogP contribution in [0.3, 0.4) is 0 Å². The minimum absolute atomic E-state index is 0.0153. The van der Waals surface area contributed by atoms with Crippen molar-refractivity contribution in [3.8, 4) is 0 Å². The van der Waals surface area contributed by atoms with Gasteiger partial charge in [-0.3, -0.25) is 9.59 Å². The number of hydrogen-bond donors (Lipinski definition) is 1. The van der Waals surface area contributed by atoms with Crippen LogP contribution in [0.5, 0.6) is 0 Å². The second-order valence-electron chi connectivity index (χ2n) is 12.1. The Hall–Kier alpha value is -1.06. The first-order chi connectivity index (χ1) is 17.2. The lowest BCUT2D eigenvalue weighted by Crippen LogP contribution is -2.35. The van der Waals surface area contributed by atoms with E-state index in [1.807, 2.05) is 0 Å². The molecule has 0 aliphatic heterocycles. The number of ether oxygens (including phenoxy) is 1. The number of rotatable bonds is 26. The van der Waals surface area contributed by atoms with Crippen LogP contribution in [0.4, 0.5) is 0 Å². The van der Waals surface area contributed by atoms with E-state index in [1.54, 1.807) is 0 Å². The van der Waals surface area contributed by atoms with Gasteiger partial charge < -0.3 is 9.84 Å². The van der Waals surface area contributed by atoms with Crippen molar-refractivity contribution < 1.29 is 19.4 Å². The summed E-state index contributed by atoms with van der Waals surface area (Å²) < 4.78 is 6.34. The van der Waals surface area contributed by atoms with Crippen molar-refractivity contribution in [2.75, 3.05) is 0 Å². The summed E-state index contributed by atoms with van der Waals surface area (Å²) >= 11 is 0. The van der Waals surface area contributed by atoms with Crippen molar-refractivity contribution in [2.24, 2.45) is 11.8 Å². The first-order valence-electron chi connectivity index (χ1n) is 15.6. The number of esters is 1. The van der Waals surface area contributed by atoms with Gasteiger partial charge in [-0.1, -0.05) is 118 Å². The number of aliphatic carboxylic acids is 1. The van der Waals surface area contributed by atoms with E-state index in [4.69, 9.17) is 9.84 Å². The molecule has 0 radical (unpaired) electrons. The molecule has 0 rings (SSSR count). The Balaban J connectivity index is 4.47. The molecule has 0 aliphatic rings. The smallest absolute Gasteiger partial charge is 0.306 e.